The Hall–Kier alpha value is -2.32. The number of sulfonamides is 1. The van der Waals surface area contributed by atoms with Crippen LogP contribution in [-0.4, -0.2) is 46.7 Å². The van der Waals surface area contributed by atoms with Gasteiger partial charge in [-0.3, -0.25) is 4.79 Å². The van der Waals surface area contributed by atoms with Gasteiger partial charge in [0.25, 0.3) is 0 Å². The molecule has 0 bridgehead atoms. The number of nitrogens with one attached hydrogen (secondary N) is 1. The third kappa shape index (κ3) is 7.02. The number of nitrogens with zero attached hydrogens (tertiary/aromatic N) is 3. The van der Waals surface area contributed by atoms with Gasteiger partial charge in [-0.15, -0.1) is 11.3 Å². The van der Waals surface area contributed by atoms with Gasteiger partial charge in [-0.05, 0) is 45.2 Å². The average Bonchev–Trinajstić information content (AvgIpc) is 3.25. The van der Waals surface area contributed by atoms with Crippen molar-refractivity contribution in [1.29, 1.82) is 0 Å². The Morgan fingerprint density at radius 3 is 2.46 bits per heavy atom. The van der Waals surface area contributed by atoms with Crippen molar-refractivity contribution in [2.24, 2.45) is 11.3 Å². The second-order valence-corrected chi connectivity index (χ2v) is 14.1. The van der Waals surface area contributed by atoms with Crippen LogP contribution < -0.4 is 4.72 Å². The van der Waals surface area contributed by atoms with Crippen LogP contribution in [0.3, 0.4) is 0 Å². The van der Waals surface area contributed by atoms with Crippen LogP contribution in [0.1, 0.15) is 51.4 Å². The topological polar surface area (TPSA) is 122 Å². The highest BCUT2D eigenvalue weighted by Gasteiger charge is 2.39. The summed E-state index contributed by atoms with van der Waals surface area (Å²) in [6, 6.07) is 1.87. The standard InChI is InChI=1S/C26H27Cl2F3N4O4S2/c1-13(26(29,30)31)35-41(38,39)19-8-7-16(20(27)21(19)28)22-17(9-14-5-4-6-14)34-23(40-22)18-10-15(32-12-33-18)11-25(2,3)24(36)37/h7-8,10,12-14,35H,4-6,9,11H2,1-3H3,(H,36,37)/t13-/m0/s1. The van der Waals surface area contributed by atoms with Gasteiger partial charge in [0, 0.05) is 17.7 Å². The molecule has 1 fully saturated rings. The molecule has 8 nitrogen and oxygen atoms in total. The molecule has 1 saturated carbocycles. The van der Waals surface area contributed by atoms with Crippen molar-refractivity contribution in [3.63, 3.8) is 0 Å². The van der Waals surface area contributed by atoms with E-state index in [-0.39, 0.29) is 11.4 Å². The monoisotopic (exact) mass is 650 g/mol. The van der Waals surface area contributed by atoms with Crippen LogP contribution in [0.2, 0.25) is 10.0 Å². The fraction of sp³-hybridized carbons (Fsp3) is 0.462. The van der Waals surface area contributed by atoms with Crippen LogP contribution in [0.15, 0.2) is 29.4 Å². The Balaban J connectivity index is 1.74. The van der Waals surface area contributed by atoms with E-state index in [2.05, 4.69) is 9.97 Å². The van der Waals surface area contributed by atoms with Crippen molar-refractivity contribution in [1.82, 2.24) is 19.7 Å². The number of rotatable bonds is 10. The number of thiazole rings is 1. The first-order chi connectivity index (χ1) is 19.0. The summed E-state index contributed by atoms with van der Waals surface area (Å²) in [5.41, 5.74) is 1.05. The fourth-order valence-corrected chi connectivity index (χ4v) is 7.44. The Morgan fingerprint density at radius 2 is 1.88 bits per heavy atom. The molecule has 1 atom stereocenters. The van der Waals surface area contributed by atoms with Gasteiger partial charge in [-0.1, -0.05) is 48.5 Å². The fourth-order valence-electron chi connectivity index (χ4n) is 4.20. The van der Waals surface area contributed by atoms with E-state index < -0.39 is 43.5 Å². The third-order valence-corrected chi connectivity index (χ3v) is 10.7. The summed E-state index contributed by atoms with van der Waals surface area (Å²) >= 11 is 14.1. The van der Waals surface area contributed by atoms with Gasteiger partial charge < -0.3 is 5.11 Å². The van der Waals surface area contributed by atoms with Gasteiger partial charge in [0.05, 0.1) is 26.0 Å². The Labute approximate surface area is 249 Å². The van der Waals surface area contributed by atoms with Crippen LogP contribution in [0.5, 0.6) is 0 Å². The third-order valence-electron chi connectivity index (χ3n) is 6.95. The summed E-state index contributed by atoms with van der Waals surface area (Å²) < 4.78 is 66.0. The molecule has 0 radical (unpaired) electrons. The predicted octanol–water partition coefficient (Wildman–Crippen LogP) is 6.80. The summed E-state index contributed by atoms with van der Waals surface area (Å²) in [6.07, 6.45) is 0.522. The number of carboxylic acid groups (broad SMARTS) is 1. The lowest BCUT2D eigenvalue weighted by atomic mass is 9.82. The smallest absolute Gasteiger partial charge is 0.404 e. The van der Waals surface area contributed by atoms with E-state index in [9.17, 15) is 31.5 Å². The van der Waals surface area contributed by atoms with Gasteiger partial charge in [0.15, 0.2) is 0 Å². The second-order valence-electron chi connectivity index (χ2n) is 10.7. The van der Waals surface area contributed by atoms with Gasteiger partial charge in [-0.2, -0.15) is 17.9 Å². The largest absolute Gasteiger partial charge is 0.481 e. The predicted molar refractivity (Wildman–Crippen MR) is 151 cm³/mol. The zero-order valence-electron chi connectivity index (χ0n) is 22.2. The van der Waals surface area contributed by atoms with E-state index in [4.69, 9.17) is 28.2 Å². The van der Waals surface area contributed by atoms with Gasteiger partial charge in [-0.25, -0.2) is 23.4 Å². The number of hydrogen-bond acceptors (Lipinski definition) is 7. The molecule has 1 aromatic carbocycles. The maximum absolute atomic E-state index is 13.0. The van der Waals surface area contributed by atoms with Crippen molar-refractivity contribution in [2.45, 2.75) is 70.0 Å². The number of hydrogen-bond donors (Lipinski definition) is 2. The molecule has 41 heavy (non-hydrogen) atoms. The Bertz CT molecular complexity index is 1580. The lowest BCUT2D eigenvalue weighted by Crippen LogP contribution is -2.43. The molecule has 1 aliphatic carbocycles. The van der Waals surface area contributed by atoms with Crippen molar-refractivity contribution >= 4 is 50.5 Å². The molecule has 2 aromatic heterocycles. The molecular formula is C26H27Cl2F3N4O4S2. The van der Waals surface area contributed by atoms with Crippen LogP contribution >= 0.6 is 34.5 Å². The number of alkyl halides is 3. The first-order valence-electron chi connectivity index (χ1n) is 12.6. The molecule has 1 aliphatic rings. The van der Waals surface area contributed by atoms with Gasteiger partial charge >= 0.3 is 12.1 Å². The van der Waals surface area contributed by atoms with Crippen molar-refractivity contribution in [3.8, 4) is 21.1 Å². The van der Waals surface area contributed by atoms with Crippen LogP contribution in [0, 0.1) is 11.3 Å². The zero-order valence-corrected chi connectivity index (χ0v) is 25.4. The molecule has 2 heterocycles. The van der Waals surface area contributed by atoms with E-state index in [1.54, 1.807) is 24.6 Å². The molecule has 15 heteroatoms. The maximum atomic E-state index is 13.0. The van der Waals surface area contributed by atoms with E-state index in [0.29, 0.717) is 51.8 Å². The Kier molecular flexibility index (Phi) is 9.06. The highest BCUT2D eigenvalue weighted by atomic mass is 35.5. The van der Waals surface area contributed by atoms with Gasteiger partial charge in [0.1, 0.15) is 28.0 Å². The molecule has 0 spiro atoms. The van der Waals surface area contributed by atoms with E-state index in [1.165, 1.54) is 23.7 Å². The lowest BCUT2D eigenvalue weighted by Gasteiger charge is -2.24. The van der Waals surface area contributed by atoms with E-state index in [1.807, 2.05) is 0 Å². The highest BCUT2D eigenvalue weighted by molar-refractivity contribution is 7.89. The number of carboxylic acids is 1. The number of benzene rings is 1. The number of halogens is 5. The SMILES string of the molecule is C[C@H](NS(=O)(=O)c1ccc(-c2sc(-c3cc(CC(C)(C)C(=O)O)ncn3)nc2CC2CCC2)c(Cl)c1Cl)C(F)(F)F. The number of aliphatic carboxylic acids is 1. The number of carbonyl (C=O) groups is 1. The van der Waals surface area contributed by atoms with Crippen molar-refractivity contribution in [3.05, 3.63) is 46.0 Å². The van der Waals surface area contributed by atoms with E-state index in [0.717, 1.165) is 25.3 Å². The number of aromatic nitrogens is 3. The second kappa shape index (κ2) is 11.8. The molecule has 222 valence electrons. The molecule has 3 aromatic rings. The molecule has 0 saturated heterocycles. The van der Waals surface area contributed by atoms with E-state index >= 15 is 0 Å². The normalized spacial score (nSPS) is 15.5. The maximum Gasteiger partial charge on any atom is 0.404 e. The van der Waals surface area contributed by atoms with Crippen molar-refractivity contribution in [2.75, 3.05) is 0 Å². The molecule has 0 aliphatic heterocycles. The first-order valence-corrected chi connectivity index (χ1v) is 15.7. The molecular weight excluding hydrogens is 624 g/mol. The van der Waals surface area contributed by atoms with Crippen LogP contribution in [-0.2, 0) is 27.7 Å². The minimum Gasteiger partial charge on any atom is -0.481 e. The van der Waals surface area contributed by atoms with Crippen LogP contribution in [0.25, 0.3) is 21.1 Å². The minimum absolute atomic E-state index is 0.133. The molecule has 2 N–H and O–H groups in total. The summed E-state index contributed by atoms with van der Waals surface area (Å²) in [5, 5.41) is 9.48. The minimum atomic E-state index is -4.79. The summed E-state index contributed by atoms with van der Waals surface area (Å²) in [7, 11) is -4.64. The average molecular weight is 652 g/mol. The summed E-state index contributed by atoms with van der Waals surface area (Å²) in [6.45, 7) is 3.89. The molecule has 0 amide bonds. The highest BCUT2D eigenvalue weighted by Crippen LogP contribution is 2.44. The summed E-state index contributed by atoms with van der Waals surface area (Å²) in [5.74, 6) is -0.556. The lowest BCUT2D eigenvalue weighted by molar-refractivity contribution is -0.147. The Morgan fingerprint density at radius 1 is 1.20 bits per heavy atom. The van der Waals surface area contributed by atoms with Crippen molar-refractivity contribution < 1.29 is 31.5 Å². The first kappa shape index (κ1) is 31.6. The molecule has 0 unspecified atom stereocenters. The molecule has 4 rings (SSSR count). The van der Waals surface area contributed by atoms with Gasteiger partial charge in [0.2, 0.25) is 10.0 Å². The summed E-state index contributed by atoms with van der Waals surface area (Å²) in [4.78, 5) is 25.0. The quantitative estimate of drug-likeness (QED) is 0.247. The van der Waals surface area contributed by atoms with Crippen LogP contribution in [0.4, 0.5) is 13.2 Å². The zero-order chi connectivity index (χ0) is 30.3.